The molecule has 250 valence electrons. The van der Waals surface area contributed by atoms with Gasteiger partial charge in [-0.3, -0.25) is 10.1 Å². The van der Waals surface area contributed by atoms with Crippen molar-refractivity contribution in [1.82, 2.24) is 9.97 Å². The summed E-state index contributed by atoms with van der Waals surface area (Å²) in [5.41, 5.74) is 6.11. The van der Waals surface area contributed by atoms with Crippen LogP contribution in [0.1, 0.15) is 40.0 Å². The summed E-state index contributed by atoms with van der Waals surface area (Å²) in [5.74, 6) is 1.73. The maximum Gasteiger partial charge on any atom is 0.339 e. The predicted octanol–water partition coefficient (Wildman–Crippen LogP) is 8.84. The largest absolute Gasteiger partial charge is 0.497 e. The number of pyridine rings is 1. The number of methoxy groups -OCH3 is 2. The maximum absolute atomic E-state index is 13.8. The molecule has 0 spiro atoms. The van der Waals surface area contributed by atoms with E-state index in [1.165, 1.54) is 11.3 Å². The molecule has 0 radical (unpaired) electrons. The van der Waals surface area contributed by atoms with Gasteiger partial charge in [0, 0.05) is 16.3 Å². The van der Waals surface area contributed by atoms with E-state index in [-0.39, 0.29) is 0 Å². The molecular weight excluding hydrogens is 651 g/mol. The molecule has 1 N–H and O–H groups in total. The Bertz CT molecular complexity index is 2210. The van der Waals surface area contributed by atoms with E-state index >= 15 is 0 Å². The van der Waals surface area contributed by atoms with Gasteiger partial charge in [0.2, 0.25) is 0 Å². The van der Waals surface area contributed by atoms with Gasteiger partial charge in [-0.2, -0.15) is 0 Å². The molecule has 9 nitrogen and oxygen atoms in total. The number of fused-ring (bicyclic) bond motifs is 2. The van der Waals surface area contributed by atoms with Gasteiger partial charge in [0.05, 0.1) is 36.7 Å². The Morgan fingerprint density at radius 1 is 0.840 bits per heavy atom. The zero-order chi connectivity index (χ0) is 34.5. The molecule has 4 aromatic carbocycles. The second-order valence-corrected chi connectivity index (χ2v) is 12.4. The van der Waals surface area contributed by atoms with Crippen molar-refractivity contribution in [2.24, 2.45) is 0 Å². The molecule has 0 bridgehead atoms. The zero-order valence-corrected chi connectivity index (χ0v) is 28.3. The van der Waals surface area contributed by atoms with Gasteiger partial charge in [0.25, 0.3) is 5.91 Å². The number of para-hydroxylation sites is 2. The van der Waals surface area contributed by atoms with E-state index in [0.29, 0.717) is 45.2 Å². The Hall–Kier alpha value is -6.00. The van der Waals surface area contributed by atoms with Gasteiger partial charge >= 0.3 is 5.97 Å². The topological polar surface area (TPSA) is 109 Å². The summed E-state index contributed by atoms with van der Waals surface area (Å²) < 4.78 is 22.4. The molecule has 0 saturated carbocycles. The van der Waals surface area contributed by atoms with Crippen LogP contribution in [0.2, 0.25) is 0 Å². The number of aromatic nitrogens is 2. The maximum atomic E-state index is 13.8. The summed E-state index contributed by atoms with van der Waals surface area (Å²) in [6.45, 7) is -0.470. The number of nitrogens with zero attached hydrogens (tertiary/aromatic N) is 2. The van der Waals surface area contributed by atoms with Gasteiger partial charge < -0.3 is 18.9 Å². The van der Waals surface area contributed by atoms with Gasteiger partial charge in [-0.25, -0.2) is 14.8 Å². The van der Waals surface area contributed by atoms with Crippen LogP contribution in [-0.2, 0) is 16.0 Å². The molecule has 10 heteroatoms. The Balaban J connectivity index is 1.09. The highest BCUT2D eigenvalue weighted by Crippen LogP contribution is 2.37. The van der Waals surface area contributed by atoms with Crippen LogP contribution in [0.3, 0.4) is 0 Å². The van der Waals surface area contributed by atoms with Crippen molar-refractivity contribution in [3.8, 4) is 34.3 Å². The number of ether oxygens (including phenoxy) is 4. The highest BCUT2D eigenvalue weighted by Gasteiger charge is 2.26. The number of anilines is 1. The first kappa shape index (κ1) is 32.5. The lowest BCUT2D eigenvalue weighted by atomic mass is 9.86. The minimum Gasteiger partial charge on any atom is -0.497 e. The van der Waals surface area contributed by atoms with E-state index in [9.17, 15) is 9.59 Å². The van der Waals surface area contributed by atoms with E-state index in [1.807, 2.05) is 90.3 Å². The zero-order valence-electron chi connectivity index (χ0n) is 27.5. The first-order valence-electron chi connectivity index (χ1n) is 16.1. The average molecular weight is 684 g/mol. The SMILES string of the molecule is COc1ccc(OC)c(-c2csc(NC(=O)COC(=O)c3c4c(nc5ccccc35)/C(=C\c3ccc(Oc5ccccc5)cc3)CCC4)n2)c1. The Morgan fingerprint density at radius 2 is 1.60 bits per heavy atom. The molecule has 2 heterocycles. The smallest absolute Gasteiger partial charge is 0.339 e. The number of hydrogen-bond acceptors (Lipinski definition) is 9. The Kier molecular flexibility index (Phi) is 9.52. The molecule has 50 heavy (non-hydrogen) atoms. The van der Waals surface area contributed by atoms with Crippen LogP contribution >= 0.6 is 11.3 Å². The van der Waals surface area contributed by atoms with E-state index in [0.717, 1.165) is 52.3 Å². The van der Waals surface area contributed by atoms with Crippen LogP contribution < -0.4 is 19.5 Å². The lowest BCUT2D eigenvalue weighted by Crippen LogP contribution is -2.22. The fourth-order valence-corrected chi connectivity index (χ4v) is 6.72. The molecule has 1 aliphatic rings. The summed E-state index contributed by atoms with van der Waals surface area (Å²) in [4.78, 5) is 36.3. The number of esters is 1. The molecule has 2 aromatic heterocycles. The number of thiazole rings is 1. The molecule has 0 unspecified atom stereocenters. The van der Waals surface area contributed by atoms with Crippen molar-refractivity contribution in [2.75, 3.05) is 26.1 Å². The molecule has 0 aliphatic heterocycles. The lowest BCUT2D eigenvalue weighted by Gasteiger charge is -2.22. The number of allylic oxidation sites excluding steroid dienone is 1. The van der Waals surface area contributed by atoms with Crippen LogP contribution in [-0.4, -0.2) is 42.7 Å². The van der Waals surface area contributed by atoms with Crippen LogP contribution in [0.4, 0.5) is 5.13 Å². The summed E-state index contributed by atoms with van der Waals surface area (Å²) in [6.07, 6.45) is 4.44. The molecule has 7 rings (SSSR count). The molecule has 0 fully saturated rings. The third-order valence-corrected chi connectivity index (χ3v) is 9.10. The fourth-order valence-electron chi connectivity index (χ4n) is 5.99. The van der Waals surface area contributed by atoms with Gasteiger partial charge in [0.1, 0.15) is 23.0 Å². The number of rotatable bonds is 10. The Labute approximate surface area is 293 Å². The number of benzene rings is 4. The third kappa shape index (κ3) is 7.06. The summed E-state index contributed by atoms with van der Waals surface area (Å²) in [6, 6.07) is 30.5. The second-order valence-electron chi connectivity index (χ2n) is 11.6. The van der Waals surface area contributed by atoms with Crippen LogP contribution in [0, 0.1) is 0 Å². The summed E-state index contributed by atoms with van der Waals surface area (Å²) >= 11 is 1.26. The van der Waals surface area contributed by atoms with Gasteiger partial charge in [-0.05, 0) is 90.6 Å². The first-order chi connectivity index (χ1) is 24.5. The Morgan fingerprint density at radius 3 is 2.40 bits per heavy atom. The van der Waals surface area contributed by atoms with E-state index in [2.05, 4.69) is 16.4 Å². The van der Waals surface area contributed by atoms with Gasteiger partial charge in [0.15, 0.2) is 11.7 Å². The molecule has 1 amide bonds. The van der Waals surface area contributed by atoms with Crippen molar-refractivity contribution in [2.45, 2.75) is 19.3 Å². The van der Waals surface area contributed by atoms with Crippen LogP contribution in [0.25, 0.3) is 33.8 Å². The van der Waals surface area contributed by atoms with Crippen molar-refractivity contribution >= 4 is 50.9 Å². The third-order valence-electron chi connectivity index (χ3n) is 8.34. The van der Waals surface area contributed by atoms with E-state index in [1.54, 1.807) is 26.4 Å². The van der Waals surface area contributed by atoms with E-state index in [4.69, 9.17) is 23.9 Å². The lowest BCUT2D eigenvalue weighted by molar-refractivity contribution is -0.119. The molecule has 0 saturated heterocycles. The fraction of sp³-hybridized carbons (Fsp3) is 0.150. The normalized spacial score (nSPS) is 13.0. The molecular formula is C40H33N3O6S. The van der Waals surface area contributed by atoms with Gasteiger partial charge in [-0.1, -0.05) is 48.5 Å². The highest BCUT2D eigenvalue weighted by atomic mass is 32.1. The van der Waals surface area contributed by atoms with Crippen LogP contribution in [0.5, 0.6) is 23.0 Å². The minimum absolute atomic E-state index is 0.368. The number of amides is 1. The first-order valence-corrected chi connectivity index (χ1v) is 17.0. The van der Waals surface area contributed by atoms with Gasteiger partial charge in [-0.15, -0.1) is 11.3 Å². The number of carbonyl (C=O) groups excluding carboxylic acids is 2. The average Bonchev–Trinajstić information content (AvgIpc) is 3.62. The molecule has 1 aliphatic carbocycles. The standard InChI is InChI=1S/C40H33N3O6S/c1-46-29-19-20-35(47-2)32(22-29)34-24-50-40(42-34)43-36(44)23-48-39(45)37-30-12-6-7-14-33(30)41-38-26(9-8-13-31(37)38)21-25-15-17-28(18-16-25)49-27-10-4-3-5-11-27/h3-7,10-12,14-22,24H,8-9,13,23H2,1-2H3,(H,42,43,44)/b26-21-. The van der Waals surface area contributed by atoms with Crippen molar-refractivity contribution < 1.29 is 28.5 Å². The number of nitrogens with one attached hydrogen (secondary N) is 1. The number of hydrogen-bond donors (Lipinski definition) is 1. The van der Waals surface area contributed by atoms with Crippen molar-refractivity contribution in [3.05, 3.63) is 125 Å². The minimum atomic E-state index is -0.570. The predicted molar refractivity (Wildman–Crippen MR) is 195 cm³/mol. The van der Waals surface area contributed by atoms with Crippen molar-refractivity contribution in [3.63, 3.8) is 0 Å². The highest BCUT2D eigenvalue weighted by molar-refractivity contribution is 7.14. The number of carbonyl (C=O) groups is 2. The summed E-state index contributed by atoms with van der Waals surface area (Å²) in [5, 5.41) is 5.62. The van der Waals surface area contributed by atoms with Crippen LogP contribution in [0.15, 0.2) is 102 Å². The quantitative estimate of drug-likeness (QED) is 0.143. The monoisotopic (exact) mass is 683 g/mol. The molecule has 6 aromatic rings. The summed E-state index contributed by atoms with van der Waals surface area (Å²) in [7, 11) is 3.17. The van der Waals surface area contributed by atoms with Crippen molar-refractivity contribution in [1.29, 1.82) is 0 Å². The van der Waals surface area contributed by atoms with E-state index < -0.39 is 18.5 Å². The second kappa shape index (κ2) is 14.6. The molecule has 0 atom stereocenters.